The molecule has 0 bridgehead atoms. The summed E-state index contributed by atoms with van der Waals surface area (Å²) in [5, 5.41) is 12.7. The Morgan fingerprint density at radius 3 is 2.88 bits per heavy atom. The zero-order chi connectivity index (χ0) is 11.5. The maximum Gasteiger partial charge on any atom is 0.277 e. The first-order chi connectivity index (χ1) is 8.42. The van der Waals surface area contributed by atoms with Crippen LogP contribution in [-0.2, 0) is 0 Å². The molecule has 2 heterocycles. The number of hydrogen-bond donors (Lipinski definition) is 1. The predicted octanol–water partition coefficient (Wildman–Crippen LogP) is 2.19. The SMILES string of the molecule is c1ccc(-c2nnc(S[C@@H]3CCNC3)o2)cc1. The molecule has 17 heavy (non-hydrogen) atoms. The highest BCUT2D eigenvalue weighted by atomic mass is 32.2. The van der Waals surface area contributed by atoms with Crippen LogP contribution in [-0.4, -0.2) is 28.5 Å². The van der Waals surface area contributed by atoms with Crippen molar-refractivity contribution in [2.24, 2.45) is 0 Å². The van der Waals surface area contributed by atoms with Gasteiger partial charge in [0.2, 0.25) is 5.89 Å². The molecule has 0 spiro atoms. The van der Waals surface area contributed by atoms with Gasteiger partial charge in [-0.15, -0.1) is 10.2 Å². The third kappa shape index (κ3) is 2.50. The average Bonchev–Trinajstić information content (AvgIpc) is 3.02. The van der Waals surface area contributed by atoms with Crippen molar-refractivity contribution in [3.05, 3.63) is 30.3 Å². The van der Waals surface area contributed by atoms with Crippen molar-refractivity contribution in [3.63, 3.8) is 0 Å². The summed E-state index contributed by atoms with van der Waals surface area (Å²) in [6, 6.07) is 9.85. The fourth-order valence-electron chi connectivity index (χ4n) is 1.83. The van der Waals surface area contributed by atoms with E-state index >= 15 is 0 Å². The Balaban J connectivity index is 1.74. The summed E-state index contributed by atoms with van der Waals surface area (Å²) >= 11 is 1.66. The van der Waals surface area contributed by atoms with Gasteiger partial charge in [0.1, 0.15) is 0 Å². The molecule has 0 amide bonds. The van der Waals surface area contributed by atoms with Gasteiger partial charge in [0.25, 0.3) is 5.22 Å². The van der Waals surface area contributed by atoms with E-state index in [2.05, 4.69) is 15.5 Å². The second-order valence-electron chi connectivity index (χ2n) is 3.97. The Morgan fingerprint density at radius 1 is 1.24 bits per heavy atom. The summed E-state index contributed by atoms with van der Waals surface area (Å²) in [5.41, 5.74) is 0.969. The van der Waals surface area contributed by atoms with Crippen molar-refractivity contribution in [2.75, 3.05) is 13.1 Å². The Kier molecular flexibility index (Phi) is 3.11. The van der Waals surface area contributed by atoms with Crippen LogP contribution in [0.4, 0.5) is 0 Å². The van der Waals surface area contributed by atoms with Gasteiger partial charge in [0, 0.05) is 17.4 Å². The zero-order valence-corrected chi connectivity index (χ0v) is 10.1. The topological polar surface area (TPSA) is 51.0 Å². The van der Waals surface area contributed by atoms with E-state index in [4.69, 9.17) is 4.42 Å². The predicted molar refractivity (Wildman–Crippen MR) is 66.9 cm³/mol. The first kappa shape index (κ1) is 10.8. The van der Waals surface area contributed by atoms with Crippen LogP contribution in [0.2, 0.25) is 0 Å². The molecule has 0 saturated carbocycles. The van der Waals surface area contributed by atoms with Crippen molar-refractivity contribution < 1.29 is 4.42 Å². The van der Waals surface area contributed by atoms with Crippen LogP contribution >= 0.6 is 11.8 Å². The quantitative estimate of drug-likeness (QED) is 0.901. The molecule has 2 aromatic rings. The average molecular weight is 247 g/mol. The van der Waals surface area contributed by atoms with Crippen LogP contribution in [0.5, 0.6) is 0 Å². The molecular formula is C12H13N3OS. The lowest BCUT2D eigenvalue weighted by Crippen LogP contribution is -2.09. The van der Waals surface area contributed by atoms with Crippen LogP contribution in [0.3, 0.4) is 0 Å². The number of nitrogens with zero attached hydrogens (tertiary/aromatic N) is 2. The lowest BCUT2D eigenvalue weighted by Gasteiger charge is -2.01. The Bertz CT molecular complexity index is 480. The molecule has 3 rings (SSSR count). The van der Waals surface area contributed by atoms with E-state index in [1.165, 1.54) is 0 Å². The smallest absolute Gasteiger partial charge is 0.277 e. The highest BCUT2D eigenvalue weighted by Gasteiger charge is 2.19. The molecule has 1 aliphatic rings. The summed E-state index contributed by atoms with van der Waals surface area (Å²) in [6.07, 6.45) is 1.16. The Morgan fingerprint density at radius 2 is 2.12 bits per heavy atom. The van der Waals surface area contributed by atoms with E-state index in [1.807, 2.05) is 30.3 Å². The molecule has 1 saturated heterocycles. The van der Waals surface area contributed by atoms with Crippen LogP contribution < -0.4 is 5.32 Å². The third-order valence-corrected chi connectivity index (χ3v) is 3.81. The fraction of sp³-hybridized carbons (Fsp3) is 0.333. The largest absolute Gasteiger partial charge is 0.411 e. The number of aromatic nitrogens is 2. The minimum Gasteiger partial charge on any atom is -0.411 e. The molecule has 0 aliphatic carbocycles. The first-order valence-corrected chi connectivity index (χ1v) is 6.56. The van der Waals surface area contributed by atoms with E-state index < -0.39 is 0 Å². The van der Waals surface area contributed by atoms with E-state index in [0.717, 1.165) is 25.1 Å². The molecule has 4 nitrogen and oxygen atoms in total. The fourth-order valence-corrected chi connectivity index (χ4v) is 2.76. The molecule has 1 aliphatic heterocycles. The Labute approximate surface area is 104 Å². The number of hydrogen-bond acceptors (Lipinski definition) is 5. The van der Waals surface area contributed by atoms with Gasteiger partial charge in [-0.3, -0.25) is 0 Å². The van der Waals surface area contributed by atoms with Gasteiger partial charge in [-0.2, -0.15) is 0 Å². The molecule has 88 valence electrons. The van der Waals surface area contributed by atoms with Gasteiger partial charge in [0.15, 0.2) is 0 Å². The molecular weight excluding hydrogens is 234 g/mol. The van der Waals surface area contributed by atoms with Crippen molar-refractivity contribution >= 4 is 11.8 Å². The van der Waals surface area contributed by atoms with Gasteiger partial charge >= 0.3 is 0 Å². The van der Waals surface area contributed by atoms with E-state index in [-0.39, 0.29) is 0 Å². The summed E-state index contributed by atoms with van der Waals surface area (Å²) in [6.45, 7) is 2.10. The van der Waals surface area contributed by atoms with Crippen LogP contribution in [0.25, 0.3) is 11.5 Å². The van der Waals surface area contributed by atoms with Gasteiger partial charge in [-0.05, 0) is 25.1 Å². The van der Waals surface area contributed by atoms with Crippen molar-refractivity contribution in [3.8, 4) is 11.5 Å². The van der Waals surface area contributed by atoms with Gasteiger partial charge in [0.05, 0.1) is 0 Å². The van der Waals surface area contributed by atoms with E-state index in [1.54, 1.807) is 11.8 Å². The monoisotopic (exact) mass is 247 g/mol. The van der Waals surface area contributed by atoms with Crippen molar-refractivity contribution in [2.45, 2.75) is 16.9 Å². The van der Waals surface area contributed by atoms with Gasteiger partial charge in [-0.1, -0.05) is 30.0 Å². The molecule has 1 aromatic carbocycles. The van der Waals surface area contributed by atoms with Crippen LogP contribution in [0, 0.1) is 0 Å². The molecule has 1 fully saturated rings. The molecule has 0 radical (unpaired) electrons. The second-order valence-corrected chi connectivity index (χ2v) is 5.22. The third-order valence-electron chi connectivity index (χ3n) is 2.71. The van der Waals surface area contributed by atoms with Crippen LogP contribution in [0.1, 0.15) is 6.42 Å². The summed E-state index contributed by atoms with van der Waals surface area (Å²) in [7, 11) is 0. The Hall–Kier alpha value is -1.33. The maximum atomic E-state index is 5.64. The number of rotatable bonds is 3. The number of thioether (sulfide) groups is 1. The highest BCUT2D eigenvalue weighted by Crippen LogP contribution is 2.28. The summed E-state index contributed by atoms with van der Waals surface area (Å²) in [4.78, 5) is 0. The zero-order valence-electron chi connectivity index (χ0n) is 9.30. The van der Waals surface area contributed by atoms with Crippen LogP contribution in [0.15, 0.2) is 40.0 Å². The maximum absolute atomic E-state index is 5.64. The summed E-state index contributed by atoms with van der Waals surface area (Å²) < 4.78 is 5.64. The minimum atomic E-state index is 0.555. The van der Waals surface area contributed by atoms with Crippen molar-refractivity contribution in [1.29, 1.82) is 0 Å². The van der Waals surface area contributed by atoms with Gasteiger partial charge < -0.3 is 9.73 Å². The lowest BCUT2D eigenvalue weighted by atomic mass is 10.2. The standard InChI is InChI=1S/C12H13N3OS/c1-2-4-9(5-3-1)11-14-15-12(16-11)17-10-6-7-13-8-10/h1-5,10,13H,6-8H2/t10-/m1/s1. The molecule has 1 N–H and O–H groups in total. The van der Waals surface area contributed by atoms with E-state index in [9.17, 15) is 0 Å². The minimum absolute atomic E-state index is 0.555. The van der Waals surface area contributed by atoms with Crippen molar-refractivity contribution in [1.82, 2.24) is 15.5 Å². The normalized spacial score (nSPS) is 19.6. The van der Waals surface area contributed by atoms with E-state index in [0.29, 0.717) is 16.4 Å². The molecule has 1 aromatic heterocycles. The number of nitrogens with one attached hydrogen (secondary N) is 1. The lowest BCUT2D eigenvalue weighted by molar-refractivity contribution is 0.465. The molecule has 0 unspecified atom stereocenters. The highest BCUT2D eigenvalue weighted by molar-refractivity contribution is 7.99. The molecule has 5 heteroatoms. The summed E-state index contributed by atoms with van der Waals surface area (Å²) in [5.74, 6) is 0.596. The molecule has 1 atom stereocenters. The number of benzene rings is 1. The van der Waals surface area contributed by atoms with Gasteiger partial charge in [-0.25, -0.2) is 0 Å². The first-order valence-electron chi connectivity index (χ1n) is 5.68. The second kappa shape index (κ2) is 4.89.